The molecule has 3 rings (SSSR count). The van der Waals surface area contributed by atoms with Crippen LogP contribution in [0.2, 0.25) is 0 Å². The summed E-state index contributed by atoms with van der Waals surface area (Å²) in [5, 5.41) is 0. The van der Waals surface area contributed by atoms with Crippen molar-refractivity contribution in [3.05, 3.63) is 29.3 Å². The first kappa shape index (κ1) is 14.5. The van der Waals surface area contributed by atoms with Crippen LogP contribution in [0.1, 0.15) is 36.8 Å². The molecule has 20 heavy (non-hydrogen) atoms. The second kappa shape index (κ2) is 5.11. The van der Waals surface area contributed by atoms with E-state index in [1.54, 1.807) is 10.4 Å². The van der Waals surface area contributed by atoms with Crippen molar-refractivity contribution in [2.24, 2.45) is 0 Å². The van der Waals surface area contributed by atoms with Crippen molar-refractivity contribution in [1.82, 2.24) is 4.31 Å². The SMILES string of the molecule is Cc1ccc(S(=O)(=O)N2C3CCC2CC(Br)C3)c(C)c1. The van der Waals surface area contributed by atoms with E-state index < -0.39 is 10.0 Å². The first-order chi connectivity index (χ1) is 9.39. The maximum Gasteiger partial charge on any atom is 0.243 e. The van der Waals surface area contributed by atoms with Crippen molar-refractivity contribution < 1.29 is 8.42 Å². The molecule has 3 nitrogen and oxygen atoms in total. The van der Waals surface area contributed by atoms with Gasteiger partial charge in [-0.1, -0.05) is 33.6 Å². The molecule has 1 aromatic carbocycles. The number of nitrogens with zero attached hydrogens (tertiary/aromatic N) is 1. The van der Waals surface area contributed by atoms with Crippen molar-refractivity contribution in [3.8, 4) is 0 Å². The molecule has 5 heteroatoms. The van der Waals surface area contributed by atoms with Crippen LogP contribution >= 0.6 is 15.9 Å². The molecule has 1 aromatic rings. The summed E-state index contributed by atoms with van der Waals surface area (Å²) in [4.78, 5) is 0.943. The number of aryl methyl sites for hydroxylation is 2. The quantitative estimate of drug-likeness (QED) is 0.760. The highest BCUT2D eigenvalue weighted by molar-refractivity contribution is 9.09. The second-order valence-electron chi connectivity index (χ2n) is 6.06. The average molecular weight is 358 g/mol. The van der Waals surface area contributed by atoms with Gasteiger partial charge in [-0.05, 0) is 51.2 Å². The first-order valence-corrected chi connectivity index (χ1v) is 9.50. The van der Waals surface area contributed by atoms with Crippen molar-refractivity contribution >= 4 is 26.0 Å². The molecule has 0 aromatic heterocycles. The molecule has 0 amide bonds. The van der Waals surface area contributed by atoms with E-state index in [1.807, 2.05) is 26.0 Å². The van der Waals surface area contributed by atoms with Crippen molar-refractivity contribution in [1.29, 1.82) is 0 Å². The van der Waals surface area contributed by atoms with Crippen LogP contribution in [0.3, 0.4) is 0 Å². The monoisotopic (exact) mass is 357 g/mol. The Bertz CT molecular complexity index is 615. The molecule has 0 saturated carbocycles. The lowest BCUT2D eigenvalue weighted by atomic mass is 10.1. The van der Waals surface area contributed by atoms with E-state index in [-0.39, 0.29) is 12.1 Å². The molecular weight excluding hydrogens is 338 g/mol. The molecule has 0 aliphatic carbocycles. The Morgan fingerprint density at radius 1 is 1.15 bits per heavy atom. The number of hydrogen-bond donors (Lipinski definition) is 0. The molecule has 2 bridgehead atoms. The Balaban J connectivity index is 2.01. The Labute approximate surface area is 129 Å². The lowest BCUT2D eigenvalue weighted by Gasteiger charge is -2.36. The van der Waals surface area contributed by atoms with Crippen LogP contribution in [0.4, 0.5) is 0 Å². The third-order valence-corrected chi connectivity index (χ3v) is 7.41. The lowest BCUT2D eigenvalue weighted by Crippen LogP contribution is -2.46. The molecule has 2 unspecified atom stereocenters. The smallest absolute Gasteiger partial charge is 0.207 e. The normalized spacial score (nSPS) is 30.6. The van der Waals surface area contributed by atoms with Gasteiger partial charge in [0.15, 0.2) is 0 Å². The van der Waals surface area contributed by atoms with Crippen LogP contribution < -0.4 is 0 Å². The highest BCUT2D eigenvalue weighted by Crippen LogP contribution is 2.42. The van der Waals surface area contributed by atoms with E-state index in [1.165, 1.54) is 0 Å². The van der Waals surface area contributed by atoms with E-state index in [9.17, 15) is 8.42 Å². The predicted molar refractivity (Wildman–Crippen MR) is 83.7 cm³/mol. The van der Waals surface area contributed by atoms with Crippen molar-refractivity contribution in [2.45, 2.75) is 61.3 Å². The number of halogens is 1. The van der Waals surface area contributed by atoms with Gasteiger partial charge in [-0.25, -0.2) is 8.42 Å². The van der Waals surface area contributed by atoms with Gasteiger partial charge in [-0.3, -0.25) is 0 Å². The summed E-state index contributed by atoms with van der Waals surface area (Å²) in [6.45, 7) is 3.88. The highest BCUT2D eigenvalue weighted by atomic mass is 79.9. The Hall–Kier alpha value is -0.390. The molecule has 2 atom stereocenters. The molecule has 2 aliphatic heterocycles. The van der Waals surface area contributed by atoms with E-state index in [0.29, 0.717) is 9.72 Å². The number of alkyl halides is 1. The summed E-state index contributed by atoms with van der Waals surface area (Å²) in [6.07, 6.45) is 3.86. The van der Waals surface area contributed by atoms with Gasteiger partial charge in [0, 0.05) is 16.9 Å². The van der Waals surface area contributed by atoms with Gasteiger partial charge >= 0.3 is 0 Å². The number of rotatable bonds is 2. The van der Waals surface area contributed by atoms with Gasteiger partial charge in [-0.15, -0.1) is 0 Å². The number of hydrogen-bond acceptors (Lipinski definition) is 2. The molecule has 110 valence electrons. The van der Waals surface area contributed by atoms with Crippen LogP contribution in [0.15, 0.2) is 23.1 Å². The standard InChI is InChI=1S/C15H20BrNO2S/c1-10-3-6-15(11(2)7-10)20(18,19)17-13-4-5-14(17)9-12(16)8-13/h3,6-7,12-14H,4-5,8-9H2,1-2H3. The summed E-state index contributed by atoms with van der Waals surface area (Å²) < 4.78 is 27.8. The minimum absolute atomic E-state index is 0.170. The number of fused-ring (bicyclic) bond motifs is 2. The van der Waals surface area contributed by atoms with Crippen LogP contribution in [0, 0.1) is 13.8 Å². The molecule has 0 radical (unpaired) electrons. The third kappa shape index (κ3) is 2.34. The molecule has 0 N–H and O–H groups in total. The fraction of sp³-hybridized carbons (Fsp3) is 0.600. The predicted octanol–water partition coefficient (Wildman–Crippen LogP) is 3.38. The Morgan fingerprint density at radius 2 is 1.75 bits per heavy atom. The largest absolute Gasteiger partial charge is 0.243 e. The van der Waals surface area contributed by atoms with Crippen LogP contribution in [-0.2, 0) is 10.0 Å². The number of sulfonamides is 1. The summed E-state index contributed by atoms with van der Waals surface area (Å²) in [6, 6.07) is 5.94. The topological polar surface area (TPSA) is 37.4 Å². The van der Waals surface area contributed by atoms with Gasteiger partial charge in [-0.2, -0.15) is 4.31 Å². The summed E-state index contributed by atoms with van der Waals surface area (Å²) in [5.74, 6) is 0. The van der Waals surface area contributed by atoms with Crippen molar-refractivity contribution in [3.63, 3.8) is 0 Å². The molecule has 2 heterocycles. The Morgan fingerprint density at radius 3 is 2.30 bits per heavy atom. The van der Waals surface area contributed by atoms with E-state index >= 15 is 0 Å². The maximum atomic E-state index is 13.0. The van der Waals surface area contributed by atoms with Gasteiger partial charge in [0.2, 0.25) is 10.0 Å². The summed E-state index contributed by atoms with van der Waals surface area (Å²) in [7, 11) is -3.36. The molecule has 2 fully saturated rings. The fourth-order valence-electron chi connectivity index (χ4n) is 3.66. The van der Waals surface area contributed by atoms with Gasteiger partial charge in [0.25, 0.3) is 0 Å². The molecule has 2 aliphatic rings. The number of piperidine rings is 1. The fourth-order valence-corrected chi connectivity index (χ4v) is 6.63. The third-order valence-electron chi connectivity index (χ3n) is 4.49. The minimum Gasteiger partial charge on any atom is -0.207 e. The Kier molecular flexibility index (Phi) is 3.72. The van der Waals surface area contributed by atoms with Gasteiger partial charge in [0.05, 0.1) is 4.90 Å². The van der Waals surface area contributed by atoms with E-state index in [2.05, 4.69) is 15.9 Å². The lowest BCUT2D eigenvalue weighted by molar-refractivity contribution is 0.255. The van der Waals surface area contributed by atoms with Crippen LogP contribution in [0.25, 0.3) is 0 Å². The molecule has 2 saturated heterocycles. The number of benzene rings is 1. The highest BCUT2D eigenvalue weighted by Gasteiger charge is 2.46. The molecular formula is C15H20BrNO2S. The van der Waals surface area contributed by atoms with Crippen LogP contribution in [0.5, 0.6) is 0 Å². The zero-order chi connectivity index (χ0) is 14.5. The zero-order valence-electron chi connectivity index (χ0n) is 11.8. The van der Waals surface area contributed by atoms with E-state index in [0.717, 1.165) is 36.8 Å². The van der Waals surface area contributed by atoms with E-state index in [4.69, 9.17) is 0 Å². The molecule has 0 spiro atoms. The minimum atomic E-state index is -3.36. The maximum absolute atomic E-state index is 13.0. The second-order valence-corrected chi connectivity index (χ2v) is 9.16. The van der Waals surface area contributed by atoms with Crippen LogP contribution in [-0.4, -0.2) is 29.6 Å². The van der Waals surface area contributed by atoms with Gasteiger partial charge < -0.3 is 0 Å². The van der Waals surface area contributed by atoms with Crippen molar-refractivity contribution in [2.75, 3.05) is 0 Å². The zero-order valence-corrected chi connectivity index (χ0v) is 14.2. The van der Waals surface area contributed by atoms with Gasteiger partial charge in [0.1, 0.15) is 0 Å². The average Bonchev–Trinajstić information content (AvgIpc) is 2.62. The summed E-state index contributed by atoms with van der Waals surface area (Å²) in [5.41, 5.74) is 1.95. The summed E-state index contributed by atoms with van der Waals surface area (Å²) >= 11 is 3.66. The first-order valence-electron chi connectivity index (χ1n) is 7.14.